The summed E-state index contributed by atoms with van der Waals surface area (Å²) in [6.07, 6.45) is 10.2. The van der Waals surface area contributed by atoms with Crippen molar-refractivity contribution < 1.29 is 17.6 Å². The zero-order valence-corrected chi connectivity index (χ0v) is 17.6. The molecule has 1 heterocycles. The Morgan fingerprint density at radius 3 is 2.76 bits per heavy atom. The second-order valence-corrected chi connectivity index (χ2v) is 9.20. The van der Waals surface area contributed by atoms with Gasteiger partial charge in [-0.2, -0.15) is 4.39 Å². The second-order valence-electron chi connectivity index (χ2n) is 7.39. The van der Waals surface area contributed by atoms with Gasteiger partial charge in [0.2, 0.25) is 16.0 Å². The number of aliphatic imine (C=N–C) groups is 1. The van der Waals surface area contributed by atoms with Gasteiger partial charge in [-0.15, -0.1) is 0 Å². The Labute approximate surface area is 172 Å². The molecule has 4 N–H and O–H groups in total. The number of hydrogen-bond acceptors (Lipinski definition) is 5. The number of halogens is 1. The van der Waals surface area contributed by atoms with E-state index in [-0.39, 0.29) is 11.7 Å². The number of aromatic nitrogens is 1. The molecule has 0 spiro atoms. The molecule has 0 aromatic carbocycles. The minimum Gasteiger partial charge on any atom is -0.370 e. The van der Waals surface area contributed by atoms with Gasteiger partial charge in [0.25, 0.3) is 0 Å². The third kappa shape index (κ3) is 10.5. The number of hydrogen-bond donors (Lipinski definition) is 3. The summed E-state index contributed by atoms with van der Waals surface area (Å²) in [6.45, 7) is 0.973. The van der Waals surface area contributed by atoms with Crippen LogP contribution in [0.15, 0.2) is 23.3 Å². The van der Waals surface area contributed by atoms with E-state index in [1.54, 1.807) is 6.07 Å². The van der Waals surface area contributed by atoms with Crippen LogP contribution in [0.25, 0.3) is 0 Å². The van der Waals surface area contributed by atoms with Crippen molar-refractivity contribution in [1.29, 1.82) is 0 Å². The number of rotatable bonds is 12. The van der Waals surface area contributed by atoms with Crippen molar-refractivity contribution in [3.05, 3.63) is 24.3 Å². The third-order valence-electron chi connectivity index (χ3n) is 4.83. The molecule has 10 heteroatoms. The van der Waals surface area contributed by atoms with Gasteiger partial charge in [-0.3, -0.25) is 9.83 Å². The summed E-state index contributed by atoms with van der Waals surface area (Å²) in [5, 5.41) is 2.79. The molecule has 8 nitrogen and oxygen atoms in total. The monoisotopic (exact) mass is 429 g/mol. The zero-order valence-electron chi connectivity index (χ0n) is 16.8. The van der Waals surface area contributed by atoms with Crippen LogP contribution in [0.1, 0.15) is 57.8 Å². The van der Waals surface area contributed by atoms with E-state index in [9.17, 15) is 12.8 Å². The van der Waals surface area contributed by atoms with Gasteiger partial charge in [-0.1, -0.05) is 37.0 Å². The van der Waals surface area contributed by atoms with Crippen LogP contribution in [-0.4, -0.2) is 38.3 Å². The van der Waals surface area contributed by atoms with Crippen molar-refractivity contribution in [3.63, 3.8) is 0 Å². The molecule has 0 amide bonds. The molecular formula is C19H32FN5O3S. The predicted octanol–water partition coefficient (Wildman–Crippen LogP) is 2.94. The first-order valence-corrected chi connectivity index (χ1v) is 11.9. The van der Waals surface area contributed by atoms with Crippen molar-refractivity contribution in [2.75, 3.05) is 24.2 Å². The van der Waals surface area contributed by atoms with E-state index in [0.717, 1.165) is 32.1 Å². The van der Waals surface area contributed by atoms with E-state index >= 15 is 0 Å². The molecular weight excluding hydrogens is 397 g/mol. The van der Waals surface area contributed by atoms with Gasteiger partial charge >= 0.3 is 0 Å². The van der Waals surface area contributed by atoms with Crippen molar-refractivity contribution in [1.82, 2.24) is 9.87 Å². The van der Waals surface area contributed by atoms with Crippen LogP contribution in [-0.2, 0) is 14.9 Å². The predicted molar refractivity (Wildman–Crippen MR) is 112 cm³/mol. The Morgan fingerprint density at radius 1 is 1.24 bits per heavy atom. The lowest BCUT2D eigenvalue weighted by atomic mass is 9.90. The normalized spacial score (nSPS) is 16.1. The van der Waals surface area contributed by atoms with Gasteiger partial charge in [0.1, 0.15) is 0 Å². The summed E-state index contributed by atoms with van der Waals surface area (Å²) in [7, 11) is -3.39. The molecule has 0 radical (unpaired) electrons. The van der Waals surface area contributed by atoms with Crippen LogP contribution in [0.2, 0.25) is 0 Å². The van der Waals surface area contributed by atoms with E-state index in [2.05, 4.69) is 20.2 Å². The zero-order chi connectivity index (χ0) is 21.0. The molecule has 1 aromatic rings. The maximum atomic E-state index is 13.0. The summed E-state index contributed by atoms with van der Waals surface area (Å²) in [5.41, 5.74) is 6.24. The van der Waals surface area contributed by atoms with Gasteiger partial charge in [0.05, 0.1) is 12.4 Å². The van der Waals surface area contributed by atoms with Crippen LogP contribution in [0.4, 0.5) is 10.1 Å². The molecule has 0 saturated heterocycles. The maximum Gasteiger partial charge on any atom is 0.233 e. The lowest BCUT2D eigenvalue weighted by molar-refractivity contribution is 0.0519. The van der Waals surface area contributed by atoms with Gasteiger partial charge < -0.3 is 11.1 Å². The molecule has 29 heavy (non-hydrogen) atoms. The second kappa shape index (κ2) is 12.7. The van der Waals surface area contributed by atoms with E-state index in [1.807, 2.05) is 0 Å². The molecule has 0 aliphatic heterocycles. The van der Waals surface area contributed by atoms with Crippen LogP contribution in [0.3, 0.4) is 0 Å². The Balaban J connectivity index is 1.50. The maximum absolute atomic E-state index is 13.0. The lowest BCUT2D eigenvalue weighted by Gasteiger charge is -2.20. The van der Waals surface area contributed by atoms with Crippen LogP contribution in [0, 0.1) is 11.9 Å². The van der Waals surface area contributed by atoms with Crippen molar-refractivity contribution in [3.8, 4) is 0 Å². The summed E-state index contributed by atoms with van der Waals surface area (Å²) < 4.78 is 36.9. The third-order valence-corrected chi connectivity index (χ3v) is 6.03. The highest BCUT2D eigenvalue weighted by atomic mass is 32.2. The number of anilines is 1. The fourth-order valence-electron chi connectivity index (χ4n) is 3.26. The largest absolute Gasteiger partial charge is 0.370 e. The summed E-state index contributed by atoms with van der Waals surface area (Å²) in [4.78, 5) is 15.1. The number of nitrogens with zero attached hydrogens (tertiary/aromatic N) is 2. The molecule has 1 aliphatic rings. The Hall–Kier alpha value is -1.78. The molecule has 1 saturated carbocycles. The highest BCUT2D eigenvalue weighted by Gasteiger charge is 2.15. The van der Waals surface area contributed by atoms with Crippen LogP contribution in [0.5, 0.6) is 0 Å². The standard InChI is InChI=1S/C19H32FN5O3S/c20-18-14-17(10-12-22-18)24-19(21)23-11-6-1-2-7-13-29(26,27)25-28-15-16-8-4-3-5-9-16/h10,12,14,16,25H,1-9,11,13,15H2,(H3,21,22,23,24). The molecule has 0 atom stereocenters. The van der Waals surface area contributed by atoms with E-state index in [1.165, 1.54) is 31.5 Å². The van der Waals surface area contributed by atoms with Gasteiger partial charge in [-0.05, 0) is 37.7 Å². The summed E-state index contributed by atoms with van der Waals surface area (Å²) in [5.74, 6) is 0.133. The van der Waals surface area contributed by atoms with Gasteiger partial charge in [0, 0.05) is 24.5 Å². The van der Waals surface area contributed by atoms with Gasteiger partial charge in [0.15, 0.2) is 5.96 Å². The molecule has 2 rings (SSSR count). The fraction of sp³-hybridized carbons (Fsp3) is 0.684. The first kappa shape index (κ1) is 23.5. The average molecular weight is 430 g/mol. The Bertz CT molecular complexity index is 739. The van der Waals surface area contributed by atoms with Crippen molar-refractivity contribution >= 4 is 21.7 Å². The summed E-state index contributed by atoms with van der Waals surface area (Å²) in [6, 6.07) is 2.83. The highest BCUT2D eigenvalue weighted by Crippen LogP contribution is 2.23. The number of nitrogens with two attached hydrogens (primary N) is 1. The molecule has 0 unspecified atom stereocenters. The number of nitrogens with one attached hydrogen (secondary N) is 2. The molecule has 164 valence electrons. The van der Waals surface area contributed by atoms with E-state index in [0.29, 0.717) is 31.2 Å². The number of pyridine rings is 1. The van der Waals surface area contributed by atoms with Crippen molar-refractivity contribution in [2.24, 2.45) is 16.6 Å². The van der Waals surface area contributed by atoms with Crippen LogP contribution >= 0.6 is 0 Å². The molecule has 0 bridgehead atoms. The number of unbranched alkanes of at least 4 members (excludes halogenated alkanes) is 3. The molecule has 1 aliphatic carbocycles. The molecule has 1 fully saturated rings. The summed E-state index contributed by atoms with van der Waals surface area (Å²) >= 11 is 0. The molecule has 1 aromatic heterocycles. The minimum absolute atomic E-state index is 0.0538. The Morgan fingerprint density at radius 2 is 2.00 bits per heavy atom. The van der Waals surface area contributed by atoms with E-state index < -0.39 is 16.0 Å². The van der Waals surface area contributed by atoms with Gasteiger partial charge in [-0.25, -0.2) is 13.4 Å². The van der Waals surface area contributed by atoms with E-state index in [4.69, 9.17) is 10.6 Å². The SMILES string of the molecule is NC(=NCCCCCCS(=O)(=O)NOCC1CCCCC1)Nc1ccnc(F)c1. The number of guanidine groups is 1. The smallest absolute Gasteiger partial charge is 0.233 e. The minimum atomic E-state index is -3.39. The quantitative estimate of drug-likeness (QED) is 0.155. The fourth-order valence-corrected chi connectivity index (χ4v) is 4.18. The average Bonchev–Trinajstić information content (AvgIpc) is 2.68. The van der Waals surface area contributed by atoms with Crippen LogP contribution < -0.4 is 15.9 Å². The first-order valence-electron chi connectivity index (χ1n) is 10.2. The number of sulfonamides is 1. The Kier molecular flexibility index (Phi) is 10.3. The highest BCUT2D eigenvalue weighted by molar-refractivity contribution is 7.89. The topological polar surface area (TPSA) is 119 Å². The lowest BCUT2D eigenvalue weighted by Crippen LogP contribution is -2.29. The first-order chi connectivity index (χ1) is 13.9. The van der Waals surface area contributed by atoms with Crippen molar-refractivity contribution in [2.45, 2.75) is 57.8 Å².